The lowest BCUT2D eigenvalue weighted by Crippen LogP contribution is -2.52. The number of amides is 1. The average molecular weight is 215 g/mol. The molecule has 0 aromatic carbocycles. The van der Waals surface area contributed by atoms with Crippen molar-refractivity contribution in [2.75, 3.05) is 33.2 Å². The van der Waals surface area contributed by atoms with Gasteiger partial charge in [-0.1, -0.05) is 5.16 Å². The molecule has 4 N–H and O–H groups in total. The summed E-state index contributed by atoms with van der Waals surface area (Å²) in [5, 5.41) is 12.9. The van der Waals surface area contributed by atoms with E-state index in [0.29, 0.717) is 0 Å². The van der Waals surface area contributed by atoms with E-state index in [2.05, 4.69) is 15.5 Å². The average Bonchev–Trinajstić information content (AvgIpc) is 2.21. The minimum absolute atomic E-state index is 0.0805. The van der Waals surface area contributed by atoms with Crippen LogP contribution in [0.4, 0.5) is 0 Å². The van der Waals surface area contributed by atoms with Gasteiger partial charge >= 0.3 is 0 Å². The zero-order chi connectivity index (χ0) is 11.3. The molecule has 0 radical (unpaired) electrons. The van der Waals surface area contributed by atoms with Crippen molar-refractivity contribution < 1.29 is 10.0 Å². The van der Waals surface area contributed by atoms with Gasteiger partial charge in [0.15, 0.2) is 0 Å². The fourth-order valence-electron chi connectivity index (χ4n) is 1.33. The highest BCUT2D eigenvalue weighted by Gasteiger charge is 2.15. The quantitative estimate of drug-likeness (QED) is 0.228. The number of nitrogens with zero attached hydrogens (tertiary/aromatic N) is 3. The minimum atomic E-state index is -0.255. The van der Waals surface area contributed by atoms with Gasteiger partial charge in [-0.05, 0) is 7.05 Å². The van der Waals surface area contributed by atoms with E-state index in [0.717, 1.165) is 26.2 Å². The van der Waals surface area contributed by atoms with Gasteiger partial charge in [-0.25, -0.2) is 5.01 Å². The molecule has 0 aromatic rings. The topological polar surface area (TPSA) is 94.2 Å². The molecule has 1 aliphatic rings. The number of oxime groups is 1. The fourth-order valence-corrected chi connectivity index (χ4v) is 1.33. The van der Waals surface area contributed by atoms with Crippen LogP contribution in [0.3, 0.4) is 0 Å². The van der Waals surface area contributed by atoms with E-state index in [1.165, 1.54) is 0 Å². The molecule has 15 heavy (non-hydrogen) atoms. The Balaban J connectivity index is 2.26. The number of carbonyl (C=O) groups is 1. The number of nitrogens with one attached hydrogen (secondary N) is 1. The molecule has 7 heteroatoms. The molecule has 1 rings (SSSR count). The van der Waals surface area contributed by atoms with Crippen LogP contribution in [-0.4, -0.2) is 60.1 Å². The standard InChI is InChI=1S/C8H17N5O2/c1-12-2-4-13(5-3-12)10-8(14)6-7(9)11-15/h15H,2-6H2,1H3,(H2,9,11)(H,10,14). The number of amidine groups is 1. The first-order chi connectivity index (χ1) is 7.11. The highest BCUT2D eigenvalue weighted by molar-refractivity contribution is 5.98. The number of hydrogen-bond acceptors (Lipinski definition) is 5. The molecule has 1 heterocycles. The summed E-state index contributed by atoms with van der Waals surface area (Å²) in [5.74, 6) is -0.337. The lowest BCUT2D eigenvalue weighted by atomic mass is 10.3. The zero-order valence-electron chi connectivity index (χ0n) is 8.81. The van der Waals surface area contributed by atoms with Crippen LogP contribution >= 0.6 is 0 Å². The summed E-state index contributed by atoms with van der Waals surface area (Å²) in [4.78, 5) is 13.5. The van der Waals surface area contributed by atoms with Crippen LogP contribution in [0.15, 0.2) is 5.16 Å². The number of piperazine rings is 1. The lowest BCUT2D eigenvalue weighted by molar-refractivity contribution is -0.125. The first kappa shape index (κ1) is 11.7. The van der Waals surface area contributed by atoms with Gasteiger partial charge in [0.2, 0.25) is 5.91 Å². The van der Waals surface area contributed by atoms with E-state index in [1.807, 2.05) is 12.1 Å². The Kier molecular flexibility index (Phi) is 4.32. The maximum Gasteiger partial charge on any atom is 0.241 e. The first-order valence-electron chi connectivity index (χ1n) is 4.81. The van der Waals surface area contributed by atoms with Crippen molar-refractivity contribution in [3.63, 3.8) is 0 Å². The number of hydrazine groups is 1. The molecule has 1 aliphatic heterocycles. The lowest BCUT2D eigenvalue weighted by Gasteiger charge is -2.32. The second-order valence-electron chi connectivity index (χ2n) is 3.59. The number of hydrogen-bond donors (Lipinski definition) is 3. The Morgan fingerprint density at radius 2 is 2.07 bits per heavy atom. The van der Waals surface area contributed by atoms with Gasteiger partial charge in [0, 0.05) is 26.2 Å². The second kappa shape index (κ2) is 5.52. The summed E-state index contributed by atoms with van der Waals surface area (Å²) in [7, 11) is 2.04. The van der Waals surface area contributed by atoms with Crippen LogP contribution < -0.4 is 11.2 Å². The summed E-state index contributed by atoms with van der Waals surface area (Å²) < 4.78 is 0. The molecule has 0 atom stereocenters. The summed E-state index contributed by atoms with van der Waals surface area (Å²) in [5.41, 5.74) is 7.91. The molecule has 0 aromatic heterocycles. The summed E-state index contributed by atoms with van der Waals surface area (Å²) >= 11 is 0. The summed E-state index contributed by atoms with van der Waals surface area (Å²) in [6.45, 7) is 3.42. The van der Waals surface area contributed by atoms with Gasteiger partial charge in [-0.15, -0.1) is 0 Å². The number of carbonyl (C=O) groups excluding carboxylic acids is 1. The van der Waals surface area contributed by atoms with Gasteiger partial charge in [0.05, 0.1) is 6.42 Å². The predicted octanol–water partition coefficient (Wildman–Crippen LogP) is -1.60. The fraction of sp³-hybridized carbons (Fsp3) is 0.750. The van der Waals surface area contributed by atoms with Crippen molar-refractivity contribution in [3.8, 4) is 0 Å². The maximum absolute atomic E-state index is 11.3. The summed E-state index contributed by atoms with van der Waals surface area (Å²) in [6.07, 6.45) is -0.0805. The molecular weight excluding hydrogens is 198 g/mol. The molecule has 1 saturated heterocycles. The van der Waals surface area contributed by atoms with E-state index in [9.17, 15) is 4.79 Å². The van der Waals surface area contributed by atoms with Crippen LogP contribution in [-0.2, 0) is 4.79 Å². The van der Waals surface area contributed by atoms with Gasteiger partial charge in [-0.3, -0.25) is 10.2 Å². The smallest absolute Gasteiger partial charge is 0.241 e. The third kappa shape index (κ3) is 4.13. The highest BCUT2D eigenvalue weighted by atomic mass is 16.4. The molecular formula is C8H17N5O2. The van der Waals surface area contributed by atoms with Crippen LogP contribution in [0.2, 0.25) is 0 Å². The van der Waals surface area contributed by atoms with E-state index in [-0.39, 0.29) is 18.2 Å². The SMILES string of the molecule is CN1CCN(NC(=O)CC(N)=NO)CC1. The van der Waals surface area contributed by atoms with E-state index < -0.39 is 0 Å². The summed E-state index contributed by atoms with van der Waals surface area (Å²) in [6, 6.07) is 0. The largest absolute Gasteiger partial charge is 0.409 e. The molecule has 1 amide bonds. The van der Waals surface area contributed by atoms with Crippen molar-refractivity contribution >= 4 is 11.7 Å². The zero-order valence-corrected chi connectivity index (χ0v) is 8.81. The Morgan fingerprint density at radius 3 is 2.60 bits per heavy atom. The molecule has 0 unspecified atom stereocenters. The Bertz CT molecular complexity index is 247. The Hall–Kier alpha value is -1.34. The normalized spacial score (nSPS) is 20.2. The molecule has 0 bridgehead atoms. The highest BCUT2D eigenvalue weighted by Crippen LogP contribution is 1.95. The molecule has 0 saturated carbocycles. The molecule has 0 spiro atoms. The van der Waals surface area contributed by atoms with Crippen LogP contribution in [0, 0.1) is 0 Å². The first-order valence-corrected chi connectivity index (χ1v) is 4.81. The maximum atomic E-state index is 11.3. The van der Waals surface area contributed by atoms with Crippen LogP contribution in [0.25, 0.3) is 0 Å². The van der Waals surface area contributed by atoms with Crippen LogP contribution in [0.1, 0.15) is 6.42 Å². The second-order valence-corrected chi connectivity index (χ2v) is 3.59. The molecule has 7 nitrogen and oxygen atoms in total. The number of nitrogens with two attached hydrogens (primary N) is 1. The number of rotatable bonds is 3. The van der Waals surface area contributed by atoms with Crippen molar-refractivity contribution in [3.05, 3.63) is 0 Å². The van der Waals surface area contributed by atoms with Crippen molar-refractivity contribution in [2.24, 2.45) is 10.9 Å². The Labute approximate surface area is 88.5 Å². The molecule has 0 aliphatic carbocycles. The third-order valence-electron chi connectivity index (χ3n) is 2.26. The minimum Gasteiger partial charge on any atom is -0.409 e. The van der Waals surface area contributed by atoms with Gasteiger partial charge in [0.25, 0.3) is 0 Å². The van der Waals surface area contributed by atoms with E-state index in [4.69, 9.17) is 10.9 Å². The monoisotopic (exact) mass is 215 g/mol. The van der Waals surface area contributed by atoms with Gasteiger partial charge in [-0.2, -0.15) is 0 Å². The van der Waals surface area contributed by atoms with Gasteiger partial charge in [0.1, 0.15) is 5.84 Å². The van der Waals surface area contributed by atoms with E-state index >= 15 is 0 Å². The van der Waals surface area contributed by atoms with Crippen molar-refractivity contribution in [2.45, 2.75) is 6.42 Å². The van der Waals surface area contributed by atoms with E-state index in [1.54, 1.807) is 0 Å². The predicted molar refractivity (Wildman–Crippen MR) is 55.2 cm³/mol. The number of likely N-dealkylation sites (N-methyl/N-ethyl adjacent to an activating group) is 1. The molecule has 86 valence electrons. The van der Waals surface area contributed by atoms with Crippen LogP contribution in [0.5, 0.6) is 0 Å². The van der Waals surface area contributed by atoms with Gasteiger partial charge < -0.3 is 15.8 Å². The van der Waals surface area contributed by atoms with Crippen molar-refractivity contribution in [1.29, 1.82) is 0 Å². The molecule has 1 fully saturated rings. The Morgan fingerprint density at radius 1 is 1.47 bits per heavy atom. The van der Waals surface area contributed by atoms with Crippen molar-refractivity contribution in [1.82, 2.24) is 15.3 Å². The third-order valence-corrected chi connectivity index (χ3v) is 2.26.